The minimum atomic E-state index is -0.399. The number of carbonyl (C=O) groups excluding carboxylic acids is 1. The van der Waals surface area contributed by atoms with Crippen molar-refractivity contribution < 1.29 is 13.9 Å². The van der Waals surface area contributed by atoms with Gasteiger partial charge in [-0.1, -0.05) is 0 Å². The summed E-state index contributed by atoms with van der Waals surface area (Å²) in [5, 5.41) is 6.60. The van der Waals surface area contributed by atoms with Crippen LogP contribution in [-0.4, -0.2) is 36.8 Å². The predicted molar refractivity (Wildman–Crippen MR) is 91.2 cm³/mol. The van der Waals surface area contributed by atoms with E-state index in [1.54, 1.807) is 12.1 Å². The van der Waals surface area contributed by atoms with Gasteiger partial charge in [-0.15, -0.1) is 0 Å². The summed E-state index contributed by atoms with van der Waals surface area (Å²) in [4.78, 5) is 13.3. The van der Waals surface area contributed by atoms with Crippen molar-refractivity contribution in [2.45, 2.75) is 31.8 Å². The lowest BCUT2D eigenvalue weighted by Gasteiger charge is -2.19. The molecule has 1 atom stereocenters. The quantitative estimate of drug-likeness (QED) is 0.827. The molecule has 3 rings (SSSR count). The minimum Gasteiger partial charge on any atom is -0.376 e. The number of carbonyl (C=O) groups is 1. The van der Waals surface area contributed by atoms with Gasteiger partial charge in [0.05, 0.1) is 11.8 Å². The molecule has 0 unspecified atom stereocenters. The number of halogens is 1. The molecule has 2 saturated heterocycles. The summed E-state index contributed by atoms with van der Waals surface area (Å²) in [6, 6.07) is 4.59. The lowest BCUT2D eigenvalue weighted by Crippen LogP contribution is -2.34. The van der Waals surface area contributed by atoms with Gasteiger partial charge in [-0.05, 0) is 49.7 Å². The third-order valence-corrected chi connectivity index (χ3v) is 4.33. The summed E-state index contributed by atoms with van der Waals surface area (Å²) in [5.74, 6) is -0.441. The van der Waals surface area contributed by atoms with E-state index in [1.807, 2.05) is 0 Å². The van der Waals surface area contributed by atoms with Gasteiger partial charge in [0.15, 0.2) is 5.11 Å². The Morgan fingerprint density at radius 1 is 1.43 bits per heavy atom. The normalized spacial score (nSPS) is 20.8. The molecule has 0 radical (unpaired) electrons. The number of hydrogen-bond acceptors (Lipinski definition) is 3. The lowest BCUT2D eigenvalue weighted by atomic mass is 10.2. The second-order valence-corrected chi connectivity index (χ2v) is 6.19. The Bertz CT molecular complexity index is 605. The summed E-state index contributed by atoms with van der Waals surface area (Å²) in [5.41, 5.74) is 0.963. The molecular formula is C16H20FN3O2S. The van der Waals surface area contributed by atoms with Gasteiger partial charge < -0.3 is 20.3 Å². The van der Waals surface area contributed by atoms with E-state index in [1.165, 1.54) is 11.0 Å². The van der Waals surface area contributed by atoms with E-state index in [2.05, 4.69) is 10.6 Å². The van der Waals surface area contributed by atoms with E-state index in [0.717, 1.165) is 25.9 Å². The van der Waals surface area contributed by atoms with Crippen LogP contribution in [0.25, 0.3) is 0 Å². The van der Waals surface area contributed by atoms with Crippen LogP contribution in [0.5, 0.6) is 0 Å². The van der Waals surface area contributed by atoms with Crippen LogP contribution in [0.1, 0.15) is 25.7 Å². The Labute approximate surface area is 140 Å². The second-order valence-electron chi connectivity index (χ2n) is 5.79. The van der Waals surface area contributed by atoms with Crippen molar-refractivity contribution in [1.29, 1.82) is 0 Å². The van der Waals surface area contributed by atoms with E-state index < -0.39 is 5.82 Å². The summed E-state index contributed by atoms with van der Waals surface area (Å²) in [7, 11) is 0. The van der Waals surface area contributed by atoms with Crippen LogP contribution in [0.3, 0.4) is 0 Å². The summed E-state index contributed by atoms with van der Waals surface area (Å²) < 4.78 is 19.5. The predicted octanol–water partition coefficient (Wildman–Crippen LogP) is 2.42. The molecule has 1 aromatic rings. The fraction of sp³-hybridized carbons (Fsp3) is 0.500. The molecule has 0 bridgehead atoms. The van der Waals surface area contributed by atoms with Gasteiger partial charge in [0.1, 0.15) is 5.82 Å². The van der Waals surface area contributed by atoms with E-state index >= 15 is 0 Å². The molecule has 124 valence electrons. The Morgan fingerprint density at radius 2 is 2.30 bits per heavy atom. The molecule has 0 aliphatic carbocycles. The van der Waals surface area contributed by atoms with Crippen LogP contribution in [0.15, 0.2) is 18.2 Å². The molecule has 23 heavy (non-hydrogen) atoms. The van der Waals surface area contributed by atoms with Crippen LogP contribution in [0.2, 0.25) is 0 Å². The van der Waals surface area contributed by atoms with E-state index in [0.29, 0.717) is 36.0 Å². The summed E-state index contributed by atoms with van der Waals surface area (Å²) >= 11 is 5.25. The van der Waals surface area contributed by atoms with Crippen LogP contribution < -0.4 is 15.5 Å². The fourth-order valence-corrected chi connectivity index (χ4v) is 3.09. The number of thiocarbonyl (C=S) groups is 1. The first-order valence-electron chi connectivity index (χ1n) is 7.90. The lowest BCUT2D eigenvalue weighted by molar-refractivity contribution is -0.117. The number of benzene rings is 1. The van der Waals surface area contributed by atoms with Gasteiger partial charge in [-0.3, -0.25) is 4.79 Å². The zero-order chi connectivity index (χ0) is 16.2. The first-order valence-corrected chi connectivity index (χ1v) is 8.30. The van der Waals surface area contributed by atoms with Gasteiger partial charge >= 0.3 is 0 Å². The maximum Gasteiger partial charge on any atom is 0.227 e. The van der Waals surface area contributed by atoms with Crippen LogP contribution in [0, 0.1) is 5.82 Å². The molecule has 0 saturated carbocycles. The van der Waals surface area contributed by atoms with Crippen molar-refractivity contribution in [3.05, 3.63) is 24.0 Å². The van der Waals surface area contributed by atoms with Gasteiger partial charge in [0.2, 0.25) is 5.91 Å². The van der Waals surface area contributed by atoms with E-state index in [9.17, 15) is 9.18 Å². The topological polar surface area (TPSA) is 53.6 Å². The highest BCUT2D eigenvalue weighted by molar-refractivity contribution is 7.80. The number of anilines is 2. The Morgan fingerprint density at radius 3 is 3.00 bits per heavy atom. The average Bonchev–Trinajstić information content (AvgIpc) is 3.19. The van der Waals surface area contributed by atoms with Crippen LogP contribution in [-0.2, 0) is 9.53 Å². The zero-order valence-electron chi connectivity index (χ0n) is 12.8. The van der Waals surface area contributed by atoms with Gasteiger partial charge in [0.25, 0.3) is 0 Å². The number of amides is 1. The third-order valence-electron chi connectivity index (χ3n) is 4.08. The van der Waals surface area contributed by atoms with Crippen molar-refractivity contribution >= 4 is 34.6 Å². The second kappa shape index (κ2) is 7.23. The van der Waals surface area contributed by atoms with Gasteiger partial charge in [0, 0.05) is 31.8 Å². The molecule has 1 aromatic carbocycles. The number of nitrogens with one attached hydrogen (secondary N) is 2. The standard InChI is InChI=1S/C16H20FN3O2S/c17-13-6-5-11(9-14(13)20-7-1-4-15(20)21)19-16(23)18-10-12-3-2-8-22-12/h5-6,9,12H,1-4,7-8,10H2,(H2,18,19,23)/t12-/m1/s1. The largest absolute Gasteiger partial charge is 0.376 e. The van der Waals surface area contributed by atoms with E-state index in [4.69, 9.17) is 17.0 Å². The smallest absolute Gasteiger partial charge is 0.227 e. The summed E-state index contributed by atoms with van der Waals surface area (Å²) in [6.45, 7) is 2.02. The molecular weight excluding hydrogens is 317 g/mol. The fourth-order valence-electron chi connectivity index (χ4n) is 2.89. The van der Waals surface area contributed by atoms with Crippen molar-refractivity contribution in [3.63, 3.8) is 0 Å². The summed E-state index contributed by atoms with van der Waals surface area (Å²) in [6.07, 6.45) is 3.54. The van der Waals surface area contributed by atoms with Crippen LogP contribution >= 0.6 is 12.2 Å². The maximum atomic E-state index is 14.0. The first kappa shape index (κ1) is 16.1. The molecule has 2 aliphatic heterocycles. The highest BCUT2D eigenvalue weighted by atomic mass is 32.1. The third kappa shape index (κ3) is 3.97. The highest BCUT2D eigenvalue weighted by Crippen LogP contribution is 2.27. The molecule has 0 spiro atoms. The maximum absolute atomic E-state index is 14.0. The van der Waals surface area contributed by atoms with Crippen molar-refractivity contribution in [2.24, 2.45) is 0 Å². The number of ether oxygens (including phenoxy) is 1. The SMILES string of the molecule is O=C1CCCN1c1cc(NC(=S)NC[C@H]2CCCO2)ccc1F. The van der Waals surface area contributed by atoms with Crippen LogP contribution in [0.4, 0.5) is 15.8 Å². The molecule has 2 fully saturated rings. The van der Waals surface area contributed by atoms with Gasteiger partial charge in [-0.25, -0.2) is 4.39 Å². The minimum absolute atomic E-state index is 0.0415. The Kier molecular flexibility index (Phi) is 5.07. The first-order chi connectivity index (χ1) is 11.1. The molecule has 7 heteroatoms. The van der Waals surface area contributed by atoms with Crippen molar-refractivity contribution in [3.8, 4) is 0 Å². The average molecular weight is 337 g/mol. The van der Waals surface area contributed by atoms with Gasteiger partial charge in [-0.2, -0.15) is 0 Å². The van der Waals surface area contributed by atoms with Crippen molar-refractivity contribution in [2.75, 3.05) is 29.9 Å². The number of hydrogen-bond donors (Lipinski definition) is 2. The Hall–Kier alpha value is -1.73. The van der Waals surface area contributed by atoms with Crippen molar-refractivity contribution in [1.82, 2.24) is 5.32 Å². The highest BCUT2D eigenvalue weighted by Gasteiger charge is 2.24. The molecule has 5 nitrogen and oxygen atoms in total. The molecule has 2 N–H and O–H groups in total. The van der Waals surface area contributed by atoms with E-state index in [-0.39, 0.29) is 12.0 Å². The molecule has 2 heterocycles. The zero-order valence-corrected chi connectivity index (χ0v) is 13.6. The Balaban J connectivity index is 1.61. The number of nitrogens with zero attached hydrogens (tertiary/aromatic N) is 1. The molecule has 0 aromatic heterocycles. The monoisotopic (exact) mass is 337 g/mol. The molecule has 2 aliphatic rings. The molecule has 1 amide bonds. The number of rotatable bonds is 4.